The van der Waals surface area contributed by atoms with Crippen molar-refractivity contribution in [3.05, 3.63) is 40.1 Å². The molecule has 0 aliphatic rings. The van der Waals surface area contributed by atoms with Crippen molar-refractivity contribution in [3.63, 3.8) is 0 Å². The van der Waals surface area contributed by atoms with Gasteiger partial charge in [-0.3, -0.25) is 10.1 Å². The first-order chi connectivity index (χ1) is 10.0. The molecule has 2 N–H and O–H groups in total. The van der Waals surface area contributed by atoms with Crippen LogP contribution in [0, 0.1) is 17.0 Å². The molecule has 9 heteroatoms. The van der Waals surface area contributed by atoms with E-state index in [2.05, 4.69) is 15.0 Å². The summed E-state index contributed by atoms with van der Waals surface area (Å²) in [6, 6.07) is 7.20. The Labute approximate surface area is 122 Å². The molecule has 0 atom stereocenters. The van der Waals surface area contributed by atoms with Crippen molar-refractivity contribution in [2.75, 3.05) is 5.73 Å². The number of rotatable bonds is 3. The Bertz CT molecular complexity index is 815. The summed E-state index contributed by atoms with van der Waals surface area (Å²) in [5.74, 6) is -0.0308. The molecule has 0 spiro atoms. The lowest BCUT2D eigenvalue weighted by molar-refractivity contribution is -0.389. The normalized spacial score (nSPS) is 10.9. The molecular weight excluding hydrogens is 294 g/mol. The van der Waals surface area contributed by atoms with Gasteiger partial charge in [-0.2, -0.15) is 4.98 Å². The van der Waals surface area contributed by atoms with Crippen LogP contribution in [0.2, 0.25) is 0 Å². The van der Waals surface area contributed by atoms with Gasteiger partial charge in [0, 0.05) is 0 Å². The smallest absolute Gasteiger partial charge is 0.323 e. The van der Waals surface area contributed by atoms with E-state index in [9.17, 15) is 10.1 Å². The van der Waals surface area contributed by atoms with Gasteiger partial charge in [0.25, 0.3) is 5.22 Å². The average Bonchev–Trinajstić information content (AvgIpc) is 2.79. The minimum atomic E-state index is -0.542. The zero-order valence-electron chi connectivity index (χ0n) is 10.8. The number of hydrogen-bond acceptors (Lipinski definition) is 8. The Kier molecular flexibility index (Phi) is 3.18. The van der Waals surface area contributed by atoms with Crippen molar-refractivity contribution in [1.29, 1.82) is 0 Å². The van der Waals surface area contributed by atoms with E-state index in [0.717, 1.165) is 11.8 Å². The highest BCUT2D eigenvalue weighted by atomic mass is 32.2. The van der Waals surface area contributed by atoms with Crippen molar-refractivity contribution in [3.8, 4) is 0 Å². The van der Waals surface area contributed by atoms with Gasteiger partial charge in [-0.25, -0.2) is 9.97 Å². The van der Waals surface area contributed by atoms with Crippen LogP contribution in [-0.2, 0) is 0 Å². The summed E-state index contributed by atoms with van der Waals surface area (Å²) in [4.78, 5) is 22.5. The number of hydrogen-bond donors (Lipinski definition) is 1. The summed E-state index contributed by atoms with van der Waals surface area (Å²) in [6.07, 6.45) is 0. The summed E-state index contributed by atoms with van der Waals surface area (Å²) < 4.78 is 5.51. The molecule has 0 saturated heterocycles. The third-order valence-corrected chi connectivity index (χ3v) is 3.51. The van der Waals surface area contributed by atoms with Crippen LogP contribution in [0.4, 0.5) is 11.6 Å². The van der Waals surface area contributed by atoms with E-state index in [0.29, 0.717) is 11.1 Å². The third-order valence-electron chi connectivity index (χ3n) is 2.68. The molecule has 0 bridgehead atoms. The second-order valence-corrected chi connectivity index (χ2v) is 5.07. The van der Waals surface area contributed by atoms with Gasteiger partial charge in [-0.05, 0) is 30.8 Å². The summed E-state index contributed by atoms with van der Waals surface area (Å²) in [7, 11) is 0. The van der Waals surface area contributed by atoms with Gasteiger partial charge in [-0.15, -0.1) is 0 Å². The summed E-state index contributed by atoms with van der Waals surface area (Å²) >= 11 is 0.946. The maximum atomic E-state index is 11.1. The number of benzene rings is 1. The fourth-order valence-corrected chi connectivity index (χ4v) is 2.72. The molecule has 3 aromatic rings. The van der Waals surface area contributed by atoms with Crippen LogP contribution < -0.4 is 5.73 Å². The minimum absolute atomic E-state index is 0.0308. The molecule has 0 amide bonds. The summed E-state index contributed by atoms with van der Waals surface area (Å²) in [5, 5.41) is 11.5. The number of nitrogen functional groups attached to an aromatic ring is 1. The second kappa shape index (κ2) is 5.02. The van der Waals surface area contributed by atoms with Crippen LogP contribution >= 0.6 is 11.8 Å². The fraction of sp³-hybridized carbons (Fsp3) is 0.0833. The Hall–Kier alpha value is -2.68. The average molecular weight is 303 g/mol. The zero-order chi connectivity index (χ0) is 15.0. The maximum Gasteiger partial charge on any atom is 0.323 e. The quantitative estimate of drug-likeness (QED) is 0.445. The third kappa shape index (κ3) is 2.50. The first-order valence-corrected chi connectivity index (χ1v) is 6.68. The molecule has 3 rings (SSSR count). The van der Waals surface area contributed by atoms with Gasteiger partial charge in [0.2, 0.25) is 5.95 Å². The molecular formula is C12H9N5O3S. The second-order valence-electron chi connectivity index (χ2n) is 4.13. The predicted octanol–water partition coefficient (Wildman–Crippen LogP) is 2.57. The first kappa shape index (κ1) is 13.3. The van der Waals surface area contributed by atoms with Gasteiger partial charge in [0.15, 0.2) is 10.6 Å². The number of para-hydroxylation sites is 2. The molecule has 1 aromatic carbocycles. The Balaban J connectivity index is 2.06. The van der Waals surface area contributed by atoms with Crippen molar-refractivity contribution < 1.29 is 9.34 Å². The topological polar surface area (TPSA) is 121 Å². The highest BCUT2D eigenvalue weighted by Gasteiger charge is 2.24. The van der Waals surface area contributed by atoms with Gasteiger partial charge in [-0.1, -0.05) is 12.1 Å². The summed E-state index contributed by atoms with van der Waals surface area (Å²) in [5.41, 5.74) is 6.82. The number of nitro groups is 1. The van der Waals surface area contributed by atoms with Crippen molar-refractivity contribution in [1.82, 2.24) is 15.0 Å². The lowest BCUT2D eigenvalue weighted by atomic mass is 10.3. The SMILES string of the molecule is Cc1nc(N)nc(Sc2nc3ccccc3o2)c1[N+](=O)[O-]. The van der Waals surface area contributed by atoms with E-state index in [1.807, 2.05) is 12.1 Å². The molecule has 0 radical (unpaired) electrons. The van der Waals surface area contributed by atoms with Gasteiger partial charge >= 0.3 is 5.69 Å². The van der Waals surface area contributed by atoms with Crippen molar-refractivity contribution in [2.45, 2.75) is 17.2 Å². The molecule has 0 unspecified atom stereocenters. The molecule has 2 aromatic heterocycles. The molecule has 0 saturated carbocycles. The lowest BCUT2D eigenvalue weighted by Crippen LogP contribution is -2.04. The number of anilines is 1. The Morgan fingerprint density at radius 1 is 1.29 bits per heavy atom. The number of nitrogens with zero attached hydrogens (tertiary/aromatic N) is 4. The first-order valence-electron chi connectivity index (χ1n) is 5.86. The highest BCUT2D eigenvalue weighted by molar-refractivity contribution is 7.99. The van der Waals surface area contributed by atoms with Crippen LogP contribution in [0.25, 0.3) is 11.1 Å². The lowest BCUT2D eigenvalue weighted by Gasteiger charge is -2.02. The van der Waals surface area contributed by atoms with Gasteiger partial charge in [0.05, 0.1) is 4.92 Å². The molecule has 0 aliphatic heterocycles. The van der Waals surface area contributed by atoms with E-state index in [-0.39, 0.29) is 27.6 Å². The monoisotopic (exact) mass is 303 g/mol. The summed E-state index contributed by atoms with van der Waals surface area (Å²) in [6.45, 7) is 1.51. The number of aromatic nitrogens is 3. The molecule has 2 heterocycles. The van der Waals surface area contributed by atoms with Gasteiger partial charge in [0.1, 0.15) is 11.2 Å². The number of oxazole rings is 1. The van der Waals surface area contributed by atoms with E-state index in [1.54, 1.807) is 12.1 Å². The van der Waals surface area contributed by atoms with Crippen LogP contribution in [-0.4, -0.2) is 19.9 Å². The van der Waals surface area contributed by atoms with E-state index in [1.165, 1.54) is 6.92 Å². The standard InChI is InChI=1S/C12H9N5O3S/c1-6-9(17(18)19)10(16-11(13)14-6)21-12-15-7-4-2-3-5-8(7)20-12/h2-5H,1H3,(H2,13,14,16). The van der Waals surface area contributed by atoms with Crippen LogP contribution in [0.5, 0.6) is 0 Å². The minimum Gasteiger partial charge on any atom is -0.431 e. The Morgan fingerprint density at radius 2 is 2.05 bits per heavy atom. The predicted molar refractivity (Wildman–Crippen MR) is 76.0 cm³/mol. The van der Waals surface area contributed by atoms with Crippen LogP contribution in [0.1, 0.15) is 5.69 Å². The molecule has 0 fully saturated rings. The van der Waals surface area contributed by atoms with Crippen molar-refractivity contribution >= 4 is 34.5 Å². The molecule has 8 nitrogen and oxygen atoms in total. The zero-order valence-corrected chi connectivity index (χ0v) is 11.6. The highest BCUT2D eigenvalue weighted by Crippen LogP contribution is 2.35. The number of fused-ring (bicyclic) bond motifs is 1. The van der Waals surface area contributed by atoms with E-state index < -0.39 is 4.92 Å². The molecule has 0 aliphatic carbocycles. The van der Waals surface area contributed by atoms with Gasteiger partial charge < -0.3 is 10.2 Å². The van der Waals surface area contributed by atoms with E-state index >= 15 is 0 Å². The van der Waals surface area contributed by atoms with Crippen LogP contribution in [0.3, 0.4) is 0 Å². The Morgan fingerprint density at radius 3 is 2.76 bits per heavy atom. The van der Waals surface area contributed by atoms with Crippen LogP contribution in [0.15, 0.2) is 38.9 Å². The molecule has 106 valence electrons. The number of aryl methyl sites for hydroxylation is 1. The van der Waals surface area contributed by atoms with E-state index in [4.69, 9.17) is 10.2 Å². The molecule has 21 heavy (non-hydrogen) atoms. The fourth-order valence-electron chi connectivity index (χ4n) is 1.82. The number of nitrogens with two attached hydrogens (primary N) is 1. The maximum absolute atomic E-state index is 11.1. The largest absolute Gasteiger partial charge is 0.431 e. The van der Waals surface area contributed by atoms with Crippen molar-refractivity contribution in [2.24, 2.45) is 0 Å².